The Morgan fingerprint density at radius 2 is 1.82 bits per heavy atom. The van der Waals surface area contributed by atoms with E-state index in [9.17, 15) is 9.59 Å². The molecule has 0 N–H and O–H groups in total. The van der Waals surface area contributed by atoms with Crippen LogP contribution in [0.25, 0.3) is 10.9 Å². The standard InChI is InChI=1S/C27H29N5O2/c28-18-20-6-8-21(9-7-20)19-30-14-3-15-31(17-16-30)26(33)13-12-25-29-24-5-2-1-4-23(24)27(34)32(25)22-10-11-22/h1-2,4-9,22H,3,10-17,19H2. The number of benzene rings is 2. The van der Waals surface area contributed by atoms with Crippen LogP contribution in [0.4, 0.5) is 0 Å². The molecule has 1 saturated carbocycles. The third kappa shape index (κ3) is 4.87. The fourth-order valence-electron chi connectivity index (χ4n) is 4.78. The number of nitriles is 1. The Kier molecular flexibility index (Phi) is 6.41. The highest BCUT2D eigenvalue weighted by Crippen LogP contribution is 2.35. The van der Waals surface area contributed by atoms with Gasteiger partial charge in [0, 0.05) is 51.6 Å². The molecule has 1 aliphatic carbocycles. The lowest BCUT2D eigenvalue weighted by Crippen LogP contribution is -2.35. The van der Waals surface area contributed by atoms with Gasteiger partial charge < -0.3 is 4.90 Å². The lowest BCUT2D eigenvalue weighted by molar-refractivity contribution is -0.131. The Labute approximate surface area is 199 Å². The van der Waals surface area contributed by atoms with E-state index in [1.807, 2.05) is 58.0 Å². The normalized spacial score (nSPS) is 16.9. The molecule has 7 nitrogen and oxygen atoms in total. The minimum absolute atomic E-state index is 0.0174. The van der Waals surface area contributed by atoms with Gasteiger partial charge in [0.25, 0.3) is 5.56 Å². The SMILES string of the molecule is N#Cc1ccc(CN2CCCN(C(=O)CCc3nc4ccccc4c(=O)n3C3CC3)CC2)cc1. The van der Waals surface area contributed by atoms with E-state index >= 15 is 0 Å². The summed E-state index contributed by atoms with van der Waals surface area (Å²) in [5.74, 6) is 0.863. The van der Waals surface area contributed by atoms with E-state index < -0.39 is 0 Å². The van der Waals surface area contributed by atoms with Gasteiger partial charge in [-0.2, -0.15) is 5.26 Å². The molecule has 0 bridgehead atoms. The van der Waals surface area contributed by atoms with Gasteiger partial charge in [0.2, 0.25) is 5.91 Å². The Bertz CT molecular complexity index is 1290. The molecular formula is C27H29N5O2. The van der Waals surface area contributed by atoms with Crippen molar-refractivity contribution in [2.75, 3.05) is 26.2 Å². The van der Waals surface area contributed by atoms with Crippen molar-refractivity contribution >= 4 is 16.8 Å². The van der Waals surface area contributed by atoms with Crippen LogP contribution < -0.4 is 5.56 Å². The van der Waals surface area contributed by atoms with Crippen LogP contribution in [0.5, 0.6) is 0 Å². The topological polar surface area (TPSA) is 82.2 Å². The van der Waals surface area contributed by atoms with Crippen molar-refractivity contribution in [3.05, 3.63) is 75.8 Å². The molecule has 1 aliphatic heterocycles. The molecule has 2 aromatic carbocycles. The average Bonchev–Trinajstić information content (AvgIpc) is 3.71. The molecule has 0 unspecified atom stereocenters. The first-order chi connectivity index (χ1) is 16.6. The van der Waals surface area contributed by atoms with Gasteiger partial charge in [-0.15, -0.1) is 0 Å². The lowest BCUT2D eigenvalue weighted by atomic mass is 10.1. The van der Waals surface area contributed by atoms with Gasteiger partial charge in [-0.1, -0.05) is 24.3 Å². The zero-order valence-electron chi connectivity index (χ0n) is 19.3. The van der Waals surface area contributed by atoms with E-state index in [0.717, 1.165) is 51.3 Å². The monoisotopic (exact) mass is 455 g/mol. The van der Waals surface area contributed by atoms with Crippen molar-refractivity contribution in [2.24, 2.45) is 0 Å². The van der Waals surface area contributed by atoms with Crippen LogP contribution in [0.15, 0.2) is 53.3 Å². The van der Waals surface area contributed by atoms with Gasteiger partial charge in [0.05, 0.1) is 22.5 Å². The van der Waals surface area contributed by atoms with Gasteiger partial charge >= 0.3 is 0 Å². The van der Waals surface area contributed by atoms with E-state index in [1.54, 1.807) is 0 Å². The first kappa shape index (κ1) is 22.3. The molecule has 2 aliphatic rings. The first-order valence-electron chi connectivity index (χ1n) is 12.1. The molecule has 0 atom stereocenters. The minimum Gasteiger partial charge on any atom is -0.341 e. The van der Waals surface area contributed by atoms with Crippen LogP contribution in [0.3, 0.4) is 0 Å². The van der Waals surface area contributed by atoms with Gasteiger partial charge in [0.1, 0.15) is 5.82 Å². The van der Waals surface area contributed by atoms with Crippen molar-refractivity contribution in [3.8, 4) is 6.07 Å². The maximum absolute atomic E-state index is 13.1. The van der Waals surface area contributed by atoms with Crippen LogP contribution in [0.2, 0.25) is 0 Å². The average molecular weight is 456 g/mol. The molecule has 2 heterocycles. The van der Waals surface area contributed by atoms with Crippen LogP contribution in [0.1, 0.15) is 48.7 Å². The largest absolute Gasteiger partial charge is 0.341 e. The third-order valence-electron chi connectivity index (χ3n) is 6.79. The van der Waals surface area contributed by atoms with E-state index in [2.05, 4.69) is 11.0 Å². The van der Waals surface area contributed by atoms with E-state index in [1.165, 1.54) is 5.56 Å². The number of amides is 1. The number of fused-ring (bicyclic) bond motifs is 1. The summed E-state index contributed by atoms with van der Waals surface area (Å²) in [5.41, 5.74) is 2.58. The summed E-state index contributed by atoms with van der Waals surface area (Å²) in [7, 11) is 0. The summed E-state index contributed by atoms with van der Waals surface area (Å²) in [6, 6.07) is 17.6. The summed E-state index contributed by atoms with van der Waals surface area (Å²) in [6.07, 6.45) is 3.79. The first-order valence-corrected chi connectivity index (χ1v) is 12.1. The number of nitrogens with zero attached hydrogens (tertiary/aromatic N) is 5. The Morgan fingerprint density at radius 3 is 2.59 bits per heavy atom. The Morgan fingerprint density at radius 1 is 1.03 bits per heavy atom. The molecule has 34 heavy (non-hydrogen) atoms. The van der Waals surface area contributed by atoms with Crippen molar-refractivity contribution in [1.82, 2.24) is 19.4 Å². The number of aromatic nitrogens is 2. The minimum atomic E-state index is 0.0174. The maximum Gasteiger partial charge on any atom is 0.261 e. The molecule has 1 amide bonds. The molecular weight excluding hydrogens is 426 g/mol. The second kappa shape index (κ2) is 9.78. The Balaban J connectivity index is 1.21. The van der Waals surface area contributed by atoms with Crippen LogP contribution in [0, 0.1) is 11.3 Å². The summed E-state index contributed by atoms with van der Waals surface area (Å²) in [6.45, 7) is 4.05. The number of rotatable bonds is 6. The predicted molar refractivity (Wildman–Crippen MR) is 130 cm³/mol. The predicted octanol–water partition coefficient (Wildman–Crippen LogP) is 3.27. The highest BCUT2D eigenvalue weighted by Gasteiger charge is 2.29. The molecule has 7 heteroatoms. The maximum atomic E-state index is 13.1. The van der Waals surface area contributed by atoms with Crippen molar-refractivity contribution in [1.29, 1.82) is 5.26 Å². The van der Waals surface area contributed by atoms with Gasteiger partial charge in [0.15, 0.2) is 0 Å². The number of carbonyl (C=O) groups excluding carboxylic acids is 1. The smallest absolute Gasteiger partial charge is 0.261 e. The van der Waals surface area contributed by atoms with E-state index in [4.69, 9.17) is 10.2 Å². The molecule has 5 rings (SSSR count). The molecule has 174 valence electrons. The summed E-state index contributed by atoms with van der Waals surface area (Å²) < 4.78 is 1.83. The molecule has 0 radical (unpaired) electrons. The third-order valence-corrected chi connectivity index (χ3v) is 6.79. The molecule has 2 fully saturated rings. The second-order valence-electron chi connectivity index (χ2n) is 9.27. The highest BCUT2D eigenvalue weighted by molar-refractivity contribution is 5.78. The van der Waals surface area contributed by atoms with Gasteiger partial charge in [-0.3, -0.25) is 19.1 Å². The van der Waals surface area contributed by atoms with Crippen molar-refractivity contribution < 1.29 is 4.79 Å². The molecule has 1 aromatic heterocycles. The fourth-order valence-corrected chi connectivity index (χ4v) is 4.78. The van der Waals surface area contributed by atoms with Crippen LogP contribution in [-0.2, 0) is 17.8 Å². The highest BCUT2D eigenvalue weighted by atomic mass is 16.2. The van der Waals surface area contributed by atoms with Gasteiger partial charge in [-0.25, -0.2) is 4.98 Å². The number of para-hydroxylation sites is 1. The van der Waals surface area contributed by atoms with Crippen molar-refractivity contribution in [3.63, 3.8) is 0 Å². The quantitative estimate of drug-likeness (QED) is 0.570. The molecule has 0 spiro atoms. The van der Waals surface area contributed by atoms with E-state index in [-0.39, 0.29) is 17.5 Å². The number of hydrogen-bond donors (Lipinski definition) is 0. The summed E-state index contributed by atoms with van der Waals surface area (Å²) >= 11 is 0. The zero-order chi connectivity index (χ0) is 23.5. The summed E-state index contributed by atoms with van der Waals surface area (Å²) in [4.78, 5) is 35.2. The van der Waals surface area contributed by atoms with Crippen LogP contribution in [-0.4, -0.2) is 51.4 Å². The zero-order valence-corrected chi connectivity index (χ0v) is 19.3. The number of aryl methyl sites for hydroxylation is 1. The molecule has 3 aromatic rings. The van der Waals surface area contributed by atoms with Crippen LogP contribution >= 0.6 is 0 Å². The number of carbonyl (C=O) groups is 1. The Hall–Kier alpha value is -3.50. The fraction of sp³-hybridized carbons (Fsp3) is 0.407. The summed E-state index contributed by atoms with van der Waals surface area (Å²) in [5, 5.41) is 9.62. The number of hydrogen-bond acceptors (Lipinski definition) is 5. The lowest BCUT2D eigenvalue weighted by Gasteiger charge is -2.22. The van der Waals surface area contributed by atoms with Crippen molar-refractivity contribution in [2.45, 2.75) is 44.7 Å². The van der Waals surface area contributed by atoms with E-state index in [0.29, 0.717) is 35.9 Å². The van der Waals surface area contributed by atoms with Gasteiger partial charge in [-0.05, 0) is 49.1 Å². The second-order valence-corrected chi connectivity index (χ2v) is 9.27. The molecule has 1 saturated heterocycles.